The fraction of sp³-hybridized carbons (Fsp3) is 0.0192. The predicted molar refractivity (Wildman–Crippen MR) is 223 cm³/mol. The molecule has 0 N–H and O–H groups in total. The molecule has 0 radical (unpaired) electrons. The maximum Gasteiger partial charge on any atom is 0.164 e. The van der Waals surface area contributed by atoms with Gasteiger partial charge in [0.05, 0.1) is 5.41 Å². The zero-order valence-corrected chi connectivity index (χ0v) is 29.9. The molecule has 0 saturated heterocycles. The molecule has 256 valence electrons. The zero-order valence-electron chi connectivity index (χ0n) is 29.9. The lowest BCUT2D eigenvalue weighted by Gasteiger charge is -2.30. The van der Waals surface area contributed by atoms with Gasteiger partial charge in [0.15, 0.2) is 17.5 Å². The SMILES string of the molecule is c1ccc(-c2nc(-c3cccc(-c4ccc5c(c4)C4(c6ccccc6-c6ccccc64)c4ccccc4-5)c3)nc(-c3ccccc3-c3ccccc3)n2)cc1. The predicted octanol–water partition coefficient (Wildman–Crippen LogP) is 12.6. The minimum Gasteiger partial charge on any atom is -0.208 e. The molecule has 0 saturated carbocycles. The van der Waals surface area contributed by atoms with E-state index in [-0.39, 0.29) is 0 Å². The van der Waals surface area contributed by atoms with Crippen LogP contribution in [-0.2, 0) is 5.41 Å². The Labute approximate surface area is 320 Å². The lowest BCUT2D eigenvalue weighted by atomic mass is 9.70. The quantitative estimate of drug-likeness (QED) is 0.179. The van der Waals surface area contributed by atoms with Crippen molar-refractivity contribution in [2.24, 2.45) is 0 Å². The topological polar surface area (TPSA) is 38.7 Å². The Hall–Kier alpha value is -7.23. The van der Waals surface area contributed by atoms with Gasteiger partial charge in [0.1, 0.15) is 0 Å². The van der Waals surface area contributed by atoms with Crippen molar-refractivity contribution in [2.75, 3.05) is 0 Å². The van der Waals surface area contributed by atoms with E-state index in [9.17, 15) is 0 Å². The van der Waals surface area contributed by atoms with Crippen molar-refractivity contribution < 1.29 is 0 Å². The van der Waals surface area contributed by atoms with Crippen molar-refractivity contribution in [1.82, 2.24) is 15.0 Å². The van der Waals surface area contributed by atoms with Crippen LogP contribution in [-0.4, -0.2) is 15.0 Å². The molecule has 8 aromatic carbocycles. The van der Waals surface area contributed by atoms with Gasteiger partial charge < -0.3 is 0 Å². The molecule has 1 aromatic heterocycles. The first kappa shape index (κ1) is 31.3. The van der Waals surface area contributed by atoms with Crippen molar-refractivity contribution in [3.63, 3.8) is 0 Å². The van der Waals surface area contributed by atoms with Crippen LogP contribution in [0.1, 0.15) is 22.3 Å². The fourth-order valence-electron chi connectivity index (χ4n) is 9.00. The third-order valence-electron chi connectivity index (χ3n) is 11.4. The van der Waals surface area contributed by atoms with Gasteiger partial charge in [-0.1, -0.05) is 188 Å². The Morgan fingerprint density at radius 1 is 0.236 bits per heavy atom. The number of rotatable bonds is 5. The van der Waals surface area contributed by atoms with Gasteiger partial charge >= 0.3 is 0 Å². The van der Waals surface area contributed by atoms with Gasteiger partial charge in [-0.25, -0.2) is 15.0 Å². The van der Waals surface area contributed by atoms with Gasteiger partial charge in [-0.15, -0.1) is 0 Å². The van der Waals surface area contributed by atoms with E-state index in [4.69, 9.17) is 15.0 Å². The highest BCUT2D eigenvalue weighted by atomic mass is 15.0. The molecular formula is C52H33N3. The molecule has 2 aliphatic rings. The van der Waals surface area contributed by atoms with E-state index < -0.39 is 5.41 Å². The molecule has 2 aliphatic carbocycles. The van der Waals surface area contributed by atoms with Crippen LogP contribution in [0, 0.1) is 0 Å². The van der Waals surface area contributed by atoms with Crippen LogP contribution in [0.3, 0.4) is 0 Å². The maximum atomic E-state index is 5.19. The van der Waals surface area contributed by atoms with Crippen molar-refractivity contribution in [2.45, 2.75) is 5.41 Å². The smallest absolute Gasteiger partial charge is 0.164 e. The van der Waals surface area contributed by atoms with E-state index in [1.165, 1.54) is 44.5 Å². The molecule has 0 bridgehead atoms. The Kier molecular flexibility index (Phi) is 7.08. The molecule has 0 atom stereocenters. The van der Waals surface area contributed by atoms with Gasteiger partial charge in [0.25, 0.3) is 0 Å². The Morgan fingerprint density at radius 2 is 0.655 bits per heavy atom. The van der Waals surface area contributed by atoms with Crippen molar-refractivity contribution in [3.05, 3.63) is 222 Å². The second-order valence-corrected chi connectivity index (χ2v) is 14.3. The normalized spacial score (nSPS) is 12.9. The standard InChI is InChI=1S/C52H33N3/c1-3-16-34(17-4-1)39-22-7-8-26-44(39)51-54-49(35-18-5-2-6-19-35)53-50(55-51)38-21-15-20-36(32-38)37-30-31-43-42-25-11-14-29-47(42)52(48(43)33-37)45-27-12-9-23-40(45)41-24-10-13-28-46(41)52/h1-33H. The summed E-state index contributed by atoms with van der Waals surface area (Å²) in [5.74, 6) is 1.92. The second-order valence-electron chi connectivity index (χ2n) is 14.3. The molecular weight excluding hydrogens is 667 g/mol. The summed E-state index contributed by atoms with van der Waals surface area (Å²) in [6.45, 7) is 0. The summed E-state index contributed by atoms with van der Waals surface area (Å²) < 4.78 is 0. The van der Waals surface area contributed by atoms with Crippen LogP contribution in [0.2, 0.25) is 0 Å². The Bertz CT molecular complexity index is 2870. The third-order valence-corrected chi connectivity index (χ3v) is 11.4. The first-order valence-electron chi connectivity index (χ1n) is 18.8. The van der Waals surface area contributed by atoms with Crippen LogP contribution >= 0.6 is 0 Å². The molecule has 11 rings (SSSR count). The van der Waals surface area contributed by atoms with E-state index in [0.29, 0.717) is 17.5 Å². The van der Waals surface area contributed by atoms with Gasteiger partial charge in [-0.3, -0.25) is 0 Å². The number of hydrogen-bond acceptors (Lipinski definition) is 3. The highest BCUT2D eigenvalue weighted by Gasteiger charge is 2.51. The molecule has 9 aromatic rings. The van der Waals surface area contributed by atoms with E-state index in [0.717, 1.165) is 38.9 Å². The van der Waals surface area contributed by atoms with Crippen molar-refractivity contribution >= 4 is 0 Å². The van der Waals surface area contributed by atoms with E-state index in [2.05, 4.69) is 170 Å². The van der Waals surface area contributed by atoms with Gasteiger partial charge in [0, 0.05) is 16.7 Å². The number of aromatic nitrogens is 3. The van der Waals surface area contributed by atoms with Gasteiger partial charge in [0.2, 0.25) is 0 Å². The molecule has 3 heteroatoms. The van der Waals surface area contributed by atoms with Crippen molar-refractivity contribution in [1.29, 1.82) is 0 Å². The summed E-state index contributed by atoms with van der Waals surface area (Å²) in [6, 6.07) is 71.5. The zero-order chi connectivity index (χ0) is 36.3. The van der Waals surface area contributed by atoms with Crippen molar-refractivity contribution in [3.8, 4) is 78.7 Å². The average molecular weight is 700 g/mol. The second kappa shape index (κ2) is 12.4. The molecule has 0 aliphatic heterocycles. The first-order valence-corrected chi connectivity index (χ1v) is 18.8. The van der Waals surface area contributed by atoms with E-state index >= 15 is 0 Å². The first-order chi connectivity index (χ1) is 27.3. The van der Waals surface area contributed by atoms with E-state index in [1.807, 2.05) is 30.3 Å². The number of fused-ring (bicyclic) bond motifs is 10. The van der Waals surface area contributed by atoms with Gasteiger partial charge in [-0.05, 0) is 78.9 Å². The summed E-state index contributed by atoms with van der Waals surface area (Å²) in [6.07, 6.45) is 0. The maximum absolute atomic E-state index is 5.19. The summed E-state index contributed by atoms with van der Waals surface area (Å²) >= 11 is 0. The van der Waals surface area contributed by atoms with Crippen LogP contribution < -0.4 is 0 Å². The van der Waals surface area contributed by atoms with Gasteiger partial charge in [-0.2, -0.15) is 0 Å². The largest absolute Gasteiger partial charge is 0.208 e. The summed E-state index contributed by atoms with van der Waals surface area (Å²) in [4.78, 5) is 15.4. The molecule has 55 heavy (non-hydrogen) atoms. The molecule has 3 nitrogen and oxygen atoms in total. The lowest BCUT2D eigenvalue weighted by molar-refractivity contribution is 0.794. The number of benzene rings is 8. The third kappa shape index (κ3) is 4.80. The molecule has 0 amide bonds. The summed E-state index contributed by atoms with van der Waals surface area (Å²) in [5.41, 5.74) is 17.5. The summed E-state index contributed by atoms with van der Waals surface area (Å²) in [5, 5.41) is 0. The van der Waals surface area contributed by atoms with E-state index in [1.54, 1.807) is 0 Å². The van der Waals surface area contributed by atoms with Crippen LogP contribution in [0.25, 0.3) is 78.7 Å². The molecule has 0 unspecified atom stereocenters. The highest BCUT2D eigenvalue weighted by Crippen LogP contribution is 2.63. The number of nitrogens with zero attached hydrogens (tertiary/aromatic N) is 3. The summed E-state index contributed by atoms with van der Waals surface area (Å²) in [7, 11) is 0. The van der Waals surface area contributed by atoms with Crippen LogP contribution in [0.4, 0.5) is 0 Å². The fourth-order valence-corrected chi connectivity index (χ4v) is 9.00. The molecule has 1 heterocycles. The lowest BCUT2D eigenvalue weighted by Crippen LogP contribution is -2.25. The highest BCUT2D eigenvalue weighted by molar-refractivity contribution is 5.96. The minimum absolute atomic E-state index is 0.396. The monoisotopic (exact) mass is 699 g/mol. The molecule has 0 fully saturated rings. The van der Waals surface area contributed by atoms with Crippen LogP contribution in [0.15, 0.2) is 200 Å². The Morgan fingerprint density at radius 3 is 1.27 bits per heavy atom. The van der Waals surface area contributed by atoms with Crippen LogP contribution in [0.5, 0.6) is 0 Å². The average Bonchev–Trinajstić information content (AvgIpc) is 3.74. The minimum atomic E-state index is -0.396. The number of hydrogen-bond donors (Lipinski definition) is 0. The molecule has 1 spiro atoms. The Balaban J connectivity index is 1.08.